The number of piperidine rings is 1. The Morgan fingerprint density at radius 2 is 1.64 bits per heavy atom. The zero-order valence-electron chi connectivity index (χ0n) is 16.3. The molecule has 150 valence electrons. The van der Waals surface area contributed by atoms with E-state index in [1.807, 2.05) is 30.3 Å². The van der Waals surface area contributed by atoms with Crippen LogP contribution in [-0.2, 0) is 4.79 Å². The second-order valence-electron chi connectivity index (χ2n) is 7.59. The van der Waals surface area contributed by atoms with Crippen LogP contribution >= 0.6 is 23.2 Å². The molecule has 0 bridgehead atoms. The monoisotopic (exact) mass is 419 g/mol. The van der Waals surface area contributed by atoms with Crippen LogP contribution < -0.4 is 10.6 Å². The number of rotatable bonds is 6. The highest BCUT2D eigenvalue weighted by Crippen LogP contribution is 2.28. The minimum absolute atomic E-state index is 0.0696. The van der Waals surface area contributed by atoms with Crippen LogP contribution in [0.3, 0.4) is 0 Å². The van der Waals surface area contributed by atoms with Gasteiger partial charge in [-0.15, -0.1) is 0 Å². The number of benzene rings is 2. The van der Waals surface area contributed by atoms with Gasteiger partial charge in [0, 0.05) is 40.9 Å². The van der Waals surface area contributed by atoms with E-state index in [9.17, 15) is 4.79 Å². The molecular formula is C22H27Cl2N3O. The third kappa shape index (κ3) is 5.71. The summed E-state index contributed by atoms with van der Waals surface area (Å²) in [5.74, 6) is -0.0696. The largest absolute Gasteiger partial charge is 0.324 e. The molecule has 1 unspecified atom stereocenters. The minimum Gasteiger partial charge on any atom is -0.324 e. The minimum atomic E-state index is -0.348. The van der Waals surface area contributed by atoms with Crippen molar-refractivity contribution in [3.8, 4) is 0 Å². The highest BCUT2D eigenvalue weighted by molar-refractivity contribution is 6.35. The van der Waals surface area contributed by atoms with Crippen LogP contribution in [0.5, 0.6) is 0 Å². The molecular weight excluding hydrogens is 393 g/mol. The Bertz CT molecular complexity index is 769. The van der Waals surface area contributed by atoms with E-state index in [0.29, 0.717) is 27.8 Å². The lowest BCUT2D eigenvalue weighted by atomic mass is 9.98. The molecule has 1 aliphatic rings. The van der Waals surface area contributed by atoms with Gasteiger partial charge in [0.25, 0.3) is 0 Å². The number of nitrogens with one attached hydrogen (secondary N) is 2. The molecule has 28 heavy (non-hydrogen) atoms. The summed E-state index contributed by atoms with van der Waals surface area (Å²) >= 11 is 12.2. The Hall–Kier alpha value is -1.59. The zero-order chi connectivity index (χ0) is 20.1. The molecule has 2 aromatic rings. The number of amides is 1. The summed E-state index contributed by atoms with van der Waals surface area (Å²) < 4.78 is 0. The van der Waals surface area contributed by atoms with E-state index in [4.69, 9.17) is 23.2 Å². The number of hydrogen-bond acceptors (Lipinski definition) is 3. The normalized spacial score (nSPS) is 16.9. The van der Waals surface area contributed by atoms with Crippen LogP contribution in [0.4, 0.5) is 5.69 Å². The first-order chi connectivity index (χ1) is 13.4. The van der Waals surface area contributed by atoms with Crippen LogP contribution in [0.25, 0.3) is 0 Å². The van der Waals surface area contributed by atoms with Crippen molar-refractivity contribution in [2.24, 2.45) is 0 Å². The topological polar surface area (TPSA) is 44.4 Å². The average molecular weight is 420 g/mol. The van der Waals surface area contributed by atoms with Crippen molar-refractivity contribution in [1.29, 1.82) is 0 Å². The molecule has 2 aromatic carbocycles. The van der Waals surface area contributed by atoms with Gasteiger partial charge >= 0.3 is 0 Å². The Labute approximate surface area is 177 Å². The second-order valence-corrected chi connectivity index (χ2v) is 8.47. The van der Waals surface area contributed by atoms with Gasteiger partial charge in [0.2, 0.25) is 5.91 Å². The first-order valence-electron chi connectivity index (χ1n) is 9.74. The number of halogens is 2. The predicted molar refractivity (Wildman–Crippen MR) is 117 cm³/mol. The van der Waals surface area contributed by atoms with E-state index in [2.05, 4.69) is 29.4 Å². The van der Waals surface area contributed by atoms with Gasteiger partial charge < -0.3 is 10.6 Å². The lowest BCUT2D eigenvalue weighted by Crippen LogP contribution is -2.48. The highest BCUT2D eigenvalue weighted by Gasteiger charge is 2.31. The standard InChI is InChI=1S/C22H27Cl2N3O/c1-15(2)25-19-8-10-27(11-9-19)21(16-6-4-3-5-7-16)22(28)26-20-13-17(23)12-18(24)14-20/h3-7,12-15,19,21,25H,8-11H2,1-2H3,(H,26,28). The molecule has 0 saturated carbocycles. The van der Waals surface area contributed by atoms with Crippen LogP contribution in [0.15, 0.2) is 48.5 Å². The third-order valence-electron chi connectivity index (χ3n) is 4.96. The maximum atomic E-state index is 13.2. The van der Waals surface area contributed by atoms with Gasteiger partial charge in [0.15, 0.2) is 0 Å². The molecule has 1 saturated heterocycles. The van der Waals surface area contributed by atoms with E-state index in [1.165, 1.54) is 0 Å². The second kappa shape index (κ2) is 9.75. The van der Waals surface area contributed by atoms with Crippen molar-refractivity contribution in [1.82, 2.24) is 10.2 Å². The fraction of sp³-hybridized carbons (Fsp3) is 0.409. The van der Waals surface area contributed by atoms with E-state index < -0.39 is 0 Å². The Morgan fingerprint density at radius 3 is 2.21 bits per heavy atom. The molecule has 1 amide bonds. The first-order valence-corrected chi connectivity index (χ1v) is 10.5. The van der Waals surface area contributed by atoms with Crippen molar-refractivity contribution in [2.75, 3.05) is 18.4 Å². The van der Waals surface area contributed by atoms with Gasteiger partial charge in [-0.25, -0.2) is 0 Å². The summed E-state index contributed by atoms with van der Waals surface area (Å²) in [6, 6.07) is 15.6. The summed E-state index contributed by atoms with van der Waals surface area (Å²) in [6.45, 7) is 6.08. The van der Waals surface area contributed by atoms with Crippen LogP contribution in [0.1, 0.15) is 38.3 Å². The predicted octanol–water partition coefficient (Wildman–Crippen LogP) is 5.14. The smallest absolute Gasteiger partial charge is 0.246 e. The molecule has 0 radical (unpaired) electrons. The van der Waals surface area contributed by atoms with Gasteiger partial charge in [-0.1, -0.05) is 67.4 Å². The van der Waals surface area contributed by atoms with Crippen molar-refractivity contribution in [2.45, 2.75) is 44.8 Å². The molecule has 2 N–H and O–H groups in total. The molecule has 3 rings (SSSR count). The quantitative estimate of drug-likeness (QED) is 0.681. The molecule has 0 aliphatic carbocycles. The van der Waals surface area contributed by atoms with Gasteiger partial charge in [-0.05, 0) is 36.6 Å². The Balaban J connectivity index is 1.77. The Kier molecular flexibility index (Phi) is 7.36. The van der Waals surface area contributed by atoms with Gasteiger partial charge in [-0.2, -0.15) is 0 Å². The lowest BCUT2D eigenvalue weighted by Gasteiger charge is -2.38. The first kappa shape index (κ1) is 21.1. The van der Waals surface area contributed by atoms with E-state index >= 15 is 0 Å². The van der Waals surface area contributed by atoms with Crippen LogP contribution in [0, 0.1) is 0 Å². The number of carbonyl (C=O) groups is 1. The van der Waals surface area contributed by atoms with Crippen molar-refractivity contribution in [3.05, 3.63) is 64.1 Å². The van der Waals surface area contributed by atoms with E-state index in [0.717, 1.165) is 31.5 Å². The van der Waals surface area contributed by atoms with Crippen molar-refractivity contribution < 1.29 is 4.79 Å². The van der Waals surface area contributed by atoms with Crippen molar-refractivity contribution in [3.63, 3.8) is 0 Å². The average Bonchev–Trinajstić information content (AvgIpc) is 2.63. The van der Waals surface area contributed by atoms with Gasteiger partial charge in [-0.3, -0.25) is 9.69 Å². The molecule has 0 aromatic heterocycles. The summed E-state index contributed by atoms with van der Waals surface area (Å²) in [5.41, 5.74) is 1.60. The molecule has 4 nitrogen and oxygen atoms in total. The van der Waals surface area contributed by atoms with Crippen LogP contribution in [-0.4, -0.2) is 36.0 Å². The fourth-order valence-corrected chi connectivity index (χ4v) is 4.32. The summed E-state index contributed by atoms with van der Waals surface area (Å²) in [7, 11) is 0. The highest BCUT2D eigenvalue weighted by atomic mass is 35.5. The molecule has 1 aliphatic heterocycles. The zero-order valence-corrected chi connectivity index (χ0v) is 17.8. The number of carbonyl (C=O) groups excluding carboxylic acids is 1. The van der Waals surface area contributed by atoms with E-state index in [-0.39, 0.29) is 11.9 Å². The SMILES string of the molecule is CC(C)NC1CCN(C(C(=O)Nc2cc(Cl)cc(Cl)c2)c2ccccc2)CC1. The third-order valence-corrected chi connectivity index (χ3v) is 5.39. The van der Waals surface area contributed by atoms with Crippen LogP contribution in [0.2, 0.25) is 10.0 Å². The molecule has 1 fully saturated rings. The Morgan fingerprint density at radius 1 is 1.04 bits per heavy atom. The van der Waals surface area contributed by atoms with E-state index in [1.54, 1.807) is 18.2 Å². The van der Waals surface area contributed by atoms with Gasteiger partial charge in [0.05, 0.1) is 0 Å². The fourth-order valence-electron chi connectivity index (χ4n) is 3.80. The maximum absolute atomic E-state index is 13.2. The lowest BCUT2D eigenvalue weighted by molar-refractivity contribution is -0.122. The number of likely N-dealkylation sites (tertiary alicyclic amines) is 1. The maximum Gasteiger partial charge on any atom is 0.246 e. The molecule has 1 atom stereocenters. The molecule has 6 heteroatoms. The summed E-state index contributed by atoms with van der Waals surface area (Å²) in [4.78, 5) is 15.5. The van der Waals surface area contributed by atoms with Crippen molar-refractivity contribution >= 4 is 34.8 Å². The molecule has 0 spiro atoms. The summed E-state index contributed by atoms with van der Waals surface area (Å²) in [5, 5.41) is 7.60. The van der Waals surface area contributed by atoms with Gasteiger partial charge in [0.1, 0.15) is 6.04 Å². The summed E-state index contributed by atoms with van der Waals surface area (Å²) in [6.07, 6.45) is 2.05. The number of nitrogens with zero attached hydrogens (tertiary/aromatic N) is 1. The number of anilines is 1. The number of hydrogen-bond donors (Lipinski definition) is 2. The molecule has 1 heterocycles.